The number of fused-ring (bicyclic) bond motifs is 2. The summed E-state index contributed by atoms with van der Waals surface area (Å²) in [6.07, 6.45) is 2.34. The second-order valence-corrected chi connectivity index (χ2v) is 28.7. The van der Waals surface area contributed by atoms with Crippen LogP contribution in [-0.4, -0.2) is 299 Å². The molecule has 0 radical (unpaired) electrons. The van der Waals surface area contributed by atoms with Crippen molar-refractivity contribution in [2.75, 3.05) is 190 Å². The molecular formula is C87H119N9O29S. The van der Waals surface area contributed by atoms with Gasteiger partial charge in [0.2, 0.25) is 29.5 Å². The molecule has 1 aliphatic carbocycles. The fourth-order valence-corrected chi connectivity index (χ4v) is 12.4. The number of anilines is 1. The first kappa shape index (κ1) is 104. The predicted molar refractivity (Wildman–Crippen MR) is 463 cm³/mol. The Labute approximate surface area is 735 Å². The monoisotopic (exact) mass is 1790 g/mol. The summed E-state index contributed by atoms with van der Waals surface area (Å²) in [6.45, 7) is 9.72. The summed E-state index contributed by atoms with van der Waals surface area (Å²) in [5, 5.41) is 73.0. The van der Waals surface area contributed by atoms with Crippen molar-refractivity contribution in [3.05, 3.63) is 142 Å². The minimum Gasteiger partial charge on any atom is -0.508 e. The highest BCUT2D eigenvalue weighted by Gasteiger charge is 2.30. The normalized spacial score (nSPS) is 12.2. The molecule has 39 heteroatoms. The van der Waals surface area contributed by atoms with E-state index in [0.717, 1.165) is 17.5 Å². The van der Waals surface area contributed by atoms with Crippen molar-refractivity contribution in [2.45, 2.75) is 108 Å². The first-order chi connectivity index (χ1) is 61.1. The number of carboxylic acid groups (broad SMARTS) is 4. The number of phenolic OH excluding ortho intramolecular Hbond substituents is 1. The first-order valence-electron chi connectivity index (χ1n) is 41.9. The summed E-state index contributed by atoms with van der Waals surface area (Å²) < 4.78 is 72.7. The molecule has 6 rings (SSSR count). The van der Waals surface area contributed by atoms with Gasteiger partial charge in [0, 0.05) is 99.0 Å². The maximum absolute atomic E-state index is 14.1. The summed E-state index contributed by atoms with van der Waals surface area (Å²) in [7, 11) is 0. The van der Waals surface area contributed by atoms with Crippen molar-refractivity contribution < 1.29 is 135 Å². The number of urea groups is 1. The molecule has 692 valence electrons. The number of aliphatic carboxylic acids is 3. The van der Waals surface area contributed by atoms with Gasteiger partial charge in [-0.05, 0) is 91.0 Å². The van der Waals surface area contributed by atoms with Gasteiger partial charge in [-0.2, -0.15) is 0 Å². The third-order valence-corrected chi connectivity index (χ3v) is 18.8. The van der Waals surface area contributed by atoms with Gasteiger partial charge in [0.15, 0.2) is 10.5 Å². The molecule has 14 N–H and O–H groups in total. The lowest BCUT2D eigenvalue weighted by Crippen LogP contribution is -2.55. The number of aromatic hydroxyl groups is 1. The summed E-state index contributed by atoms with van der Waals surface area (Å²) >= 11 is 5.42. The van der Waals surface area contributed by atoms with Crippen molar-refractivity contribution in [2.24, 2.45) is 0 Å². The van der Waals surface area contributed by atoms with Gasteiger partial charge < -0.3 is 135 Å². The van der Waals surface area contributed by atoms with Crippen LogP contribution < -0.4 is 53.3 Å². The van der Waals surface area contributed by atoms with Crippen LogP contribution in [0.4, 0.5) is 10.5 Å². The Balaban J connectivity index is 0.660. The number of rotatable bonds is 71. The maximum Gasteiger partial charge on any atom is 0.336 e. The molecular weight excluding hydrogens is 1670 g/mol. The van der Waals surface area contributed by atoms with Crippen LogP contribution in [0.2, 0.25) is 0 Å². The highest BCUT2D eigenvalue weighted by Crippen LogP contribution is 2.42. The lowest BCUT2D eigenvalue weighted by molar-refractivity contribution is -0.141. The molecule has 38 nitrogen and oxygen atoms in total. The lowest BCUT2D eigenvalue weighted by Gasteiger charge is -2.23. The average Bonchev–Trinajstić information content (AvgIpc) is 0.747. The molecule has 0 saturated heterocycles. The fourth-order valence-electron chi connectivity index (χ4n) is 12.2. The third-order valence-electron chi connectivity index (χ3n) is 18.6. The van der Waals surface area contributed by atoms with Gasteiger partial charge in [-0.1, -0.05) is 86.0 Å². The number of amides is 7. The number of hydrogen-bond acceptors (Lipinski definition) is 26. The number of carbonyl (C=O) groups is 10. The van der Waals surface area contributed by atoms with Crippen LogP contribution in [0.1, 0.15) is 92.1 Å². The number of benzene rings is 5. The van der Waals surface area contributed by atoms with E-state index in [0.29, 0.717) is 205 Å². The van der Waals surface area contributed by atoms with Crippen LogP contribution in [0, 0.1) is 0 Å². The largest absolute Gasteiger partial charge is 0.508 e. The quantitative estimate of drug-likeness (QED) is 0.0138. The highest BCUT2D eigenvalue weighted by atomic mass is 32.1. The van der Waals surface area contributed by atoms with Gasteiger partial charge in [-0.3, -0.25) is 33.6 Å². The molecule has 0 bridgehead atoms. The summed E-state index contributed by atoms with van der Waals surface area (Å²) in [6, 6.07) is 25.7. The first-order valence-corrected chi connectivity index (χ1v) is 42.3. The molecule has 0 saturated carbocycles. The molecule has 126 heavy (non-hydrogen) atoms. The number of ether oxygens (including phenoxy) is 12. The maximum atomic E-state index is 14.1. The minimum absolute atomic E-state index is 0.0394. The van der Waals surface area contributed by atoms with E-state index >= 15 is 0 Å². The molecule has 0 spiro atoms. The van der Waals surface area contributed by atoms with Crippen LogP contribution in [0.15, 0.2) is 124 Å². The number of phenols is 1. The van der Waals surface area contributed by atoms with Crippen LogP contribution in [0.5, 0.6) is 5.75 Å². The zero-order valence-corrected chi connectivity index (χ0v) is 71.5. The highest BCUT2D eigenvalue weighted by molar-refractivity contribution is 7.80. The Kier molecular flexibility index (Phi) is 52.0. The SMILES string of the molecule is O=C(O)CC[C@H](NC(=O)N[C@@H](CCC(=O)NCCCCCCCC(=O)N[C@@H](Cc1ccccc1)C(=O)N[C@@H](Cc1ccccc1)C(=O)NCCOCCOCCOCCOCCOCCOCCOCCOCCOCCOCCOCCOCCC(=O)NCCNC(=S)Nc1ccc(-c2c3ccc(=O)cc-3oc3cc(O)ccc23)c(C(=O)O)c1)C(=O)O)C(=O)O. The van der Waals surface area contributed by atoms with E-state index in [4.69, 9.17) is 78.6 Å². The summed E-state index contributed by atoms with van der Waals surface area (Å²) in [5.74, 6) is -7.21. The number of carbonyl (C=O) groups excluding carboxylic acids is 6. The Morgan fingerprint density at radius 1 is 0.381 bits per heavy atom. The Morgan fingerprint density at radius 2 is 0.833 bits per heavy atom. The number of thiocarbonyl (C=S) groups is 1. The van der Waals surface area contributed by atoms with E-state index in [9.17, 15) is 73.2 Å². The van der Waals surface area contributed by atoms with Gasteiger partial charge in [0.1, 0.15) is 41.3 Å². The van der Waals surface area contributed by atoms with Crippen LogP contribution in [0.3, 0.4) is 0 Å². The fraction of sp³-hybridized carbons (Fsp3) is 0.517. The average molecular weight is 1790 g/mol. The summed E-state index contributed by atoms with van der Waals surface area (Å²) in [5.41, 5.74) is 3.36. The minimum atomic E-state index is -1.57. The zero-order chi connectivity index (χ0) is 90.6. The lowest BCUT2D eigenvalue weighted by atomic mass is 9.90. The molecule has 2 aliphatic rings. The van der Waals surface area contributed by atoms with Gasteiger partial charge in [-0.25, -0.2) is 19.2 Å². The molecule has 4 aromatic carbocycles. The van der Waals surface area contributed by atoms with Gasteiger partial charge in [0.25, 0.3) is 0 Å². The number of nitrogens with one attached hydrogen (secondary N) is 9. The van der Waals surface area contributed by atoms with Crippen molar-refractivity contribution in [1.29, 1.82) is 0 Å². The zero-order valence-electron chi connectivity index (χ0n) is 70.7. The molecule has 0 aromatic heterocycles. The van der Waals surface area contributed by atoms with Crippen LogP contribution in [-0.2, 0) is 108 Å². The smallest absolute Gasteiger partial charge is 0.336 e. The molecule has 0 fully saturated rings. The van der Waals surface area contributed by atoms with Crippen molar-refractivity contribution in [3.63, 3.8) is 0 Å². The van der Waals surface area contributed by atoms with E-state index in [-0.39, 0.29) is 116 Å². The van der Waals surface area contributed by atoms with Gasteiger partial charge >= 0.3 is 29.9 Å². The van der Waals surface area contributed by atoms with E-state index in [2.05, 4.69) is 42.5 Å². The number of aromatic carboxylic acids is 1. The number of hydrogen-bond donors (Lipinski definition) is 14. The molecule has 1 heterocycles. The van der Waals surface area contributed by atoms with Crippen LogP contribution in [0.25, 0.3) is 33.4 Å². The van der Waals surface area contributed by atoms with E-state index in [1.807, 2.05) is 66.0 Å². The molecule has 1 aliphatic heterocycles. The third kappa shape index (κ3) is 44.8. The standard InChI is InChI=1S/C87H119N9O29S/c97-64-18-21-67-74(59-64)125-75-60-65(98)19-22-68(75)80(67)66-20-17-63(58-69(66)83(106)107)92-87(126)91-30-29-89-77(100)27-32-113-34-36-115-38-40-117-42-44-119-46-48-121-50-52-123-54-55-124-53-51-122-49-47-120-45-43-118-41-39-116-37-35-114-33-31-90-81(104)72(56-61-12-6-4-7-13-61)94-82(105)73(57-62-14-8-5-9-15-62)93-78(101)16-10-2-1-3-11-28-88-76(99)25-23-70(84(108)109)95-86(112)96-71(85(110)111)24-26-79(102)103/h4-9,12-15,17-22,58-60,70-73,97H,1-3,10-11,16,23-57H2,(H,88,99)(H,89,100)(H,90,104)(H,93,101)(H,94,105)(H,102,103)(H,106,107)(H,108,109)(H,110,111)(H2,91,92,126)(H2,95,96,112)/t70-,71-,72-,73-/m0/s1. The second kappa shape index (κ2) is 63.1. The molecule has 0 unspecified atom stereocenters. The topological polar surface area (TPSA) is 521 Å². The van der Waals surface area contributed by atoms with Gasteiger partial charge in [-0.15, -0.1) is 0 Å². The number of carboxylic acids is 4. The van der Waals surface area contributed by atoms with Crippen molar-refractivity contribution >= 4 is 93.4 Å². The predicted octanol–water partition coefficient (Wildman–Crippen LogP) is 4.84. The number of unbranched alkanes of at least 4 members (excludes halogenated alkanes) is 4. The van der Waals surface area contributed by atoms with Crippen molar-refractivity contribution in [1.82, 2.24) is 42.5 Å². The summed E-state index contributed by atoms with van der Waals surface area (Å²) in [4.78, 5) is 137. The Hall–Kier alpha value is -10.9. The second-order valence-electron chi connectivity index (χ2n) is 28.3. The van der Waals surface area contributed by atoms with Gasteiger partial charge in [0.05, 0.1) is 164 Å². The molecule has 7 amide bonds. The van der Waals surface area contributed by atoms with Crippen molar-refractivity contribution in [3.8, 4) is 28.2 Å². The van der Waals surface area contributed by atoms with E-state index < -0.39 is 84.6 Å². The molecule has 4 aromatic rings. The van der Waals surface area contributed by atoms with E-state index in [1.165, 1.54) is 30.3 Å². The van der Waals surface area contributed by atoms with Crippen LogP contribution >= 0.6 is 12.2 Å². The van der Waals surface area contributed by atoms with E-state index in [1.54, 1.807) is 24.3 Å². The Bertz CT molecular complexity index is 4290. The molecule has 4 atom stereocenters. The Morgan fingerprint density at radius 3 is 1.34 bits per heavy atom.